The van der Waals surface area contributed by atoms with E-state index in [1.807, 2.05) is 30.3 Å². The zero-order valence-corrected chi connectivity index (χ0v) is 19.9. The highest BCUT2D eigenvalue weighted by atomic mass is 32.2. The van der Waals surface area contributed by atoms with Crippen molar-refractivity contribution in [3.63, 3.8) is 0 Å². The second-order valence-corrected chi connectivity index (χ2v) is 10.8. The van der Waals surface area contributed by atoms with Crippen molar-refractivity contribution in [2.75, 3.05) is 37.3 Å². The second-order valence-electron chi connectivity index (χ2n) is 8.89. The highest BCUT2D eigenvalue weighted by molar-refractivity contribution is 7.89. The van der Waals surface area contributed by atoms with Gasteiger partial charge in [-0.05, 0) is 36.6 Å². The zero-order chi connectivity index (χ0) is 25.1. The molecule has 0 bridgehead atoms. The predicted molar refractivity (Wildman–Crippen MR) is 126 cm³/mol. The van der Waals surface area contributed by atoms with E-state index in [4.69, 9.17) is 9.84 Å². The Balaban J connectivity index is 1.53. The highest BCUT2D eigenvalue weighted by Crippen LogP contribution is 2.51. The fourth-order valence-corrected chi connectivity index (χ4v) is 5.77. The molecular formula is C24H30F3N3O4S. The molecule has 1 fully saturated rings. The average Bonchev–Trinajstić information content (AvgIpc) is 2.84. The first-order valence-electron chi connectivity index (χ1n) is 11.6. The van der Waals surface area contributed by atoms with E-state index in [1.54, 1.807) is 0 Å². The van der Waals surface area contributed by atoms with Crippen LogP contribution in [0.15, 0.2) is 48.5 Å². The fourth-order valence-electron chi connectivity index (χ4n) is 4.78. The van der Waals surface area contributed by atoms with Gasteiger partial charge < -0.3 is 20.5 Å². The number of aliphatic hydroxyl groups excluding tert-OH is 1. The van der Waals surface area contributed by atoms with Gasteiger partial charge in [0.25, 0.3) is 0 Å². The highest BCUT2D eigenvalue weighted by Gasteiger charge is 2.43. The molecule has 1 saturated heterocycles. The van der Waals surface area contributed by atoms with Gasteiger partial charge in [0, 0.05) is 36.8 Å². The lowest BCUT2D eigenvalue weighted by Crippen LogP contribution is -2.44. The van der Waals surface area contributed by atoms with Gasteiger partial charge in [-0.25, -0.2) is 13.1 Å². The van der Waals surface area contributed by atoms with Crippen LogP contribution in [-0.2, 0) is 20.9 Å². The molecule has 0 saturated carbocycles. The fraction of sp³-hybridized carbons (Fsp3) is 0.500. The standard InChI is InChI=1S/C24H30F3N3O4S/c25-24(26,27)17-6-9-21-20(14-17)23-19(22(30-21)16-4-2-1-3-5-16)8-7-18(34-23)15-29-35(32,33)13-11-28-10-12-31/h1-6,9,14,18-19,22-23,28-31H,7-8,10-13,15H2/t18-,19+,22+,23+/m1/s1. The van der Waals surface area contributed by atoms with Gasteiger partial charge in [0.2, 0.25) is 10.0 Å². The van der Waals surface area contributed by atoms with Crippen LogP contribution < -0.4 is 15.4 Å². The Morgan fingerprint density at radius 3 is 2.57 bits per heavy atom. The normalized spacial score (nSPS) is 24.3. The third kappa shape index (κ3) is 6.34. The molecule has 2 heterocycles. The predicted octanol–water partition coefficient (Wildman–Crippen LogP) is 3.21. The lowest BCUT2D eigenvalue weighted by atomic mass is 9.76. The van der Waals surface area contributed by atoms with Crippen molar-refractivity contribution >= 4 is 15.7 Å². The van der Waals surface area contributed by atoms with Crippen LogP contribution in [0.5, 0.6) is 0 Å². The van der Waals surface area contributed by atoms with Crippen molar-refractivity contribution in [1.82, 2.24) is 10.0 Å². The van der Waals surface area contributed by atoms with Crippen LogP contribution in [0.1, 0.15) is 41.7 Å². The number of benzene rings is 2. The number of hydrogen-bond acceptors (Lipinski definition) is 6. The summed E-state index contributed by atoms with van der Waals surface area (Å²) >= 11 is 0. The maximum Gasteiger partial charge on any atom is 0.416 e. The molecule has 0 radical (unpaired) electrons. The first-order valence-corrected chi connectivity index (χ1v) is 13.3. The van der Waals surface area contributed by atoms with Crippen LogP contribution in [0.25, 0.3) is 0 Å². The van der Waals surface area contributed by atoms with Crippen molar-refractivity contribution in [2.24, 2.45) is 5.92 Å². The molecule has 2 aliphatic rings. The lowest BCUT2D eigenvalue weighted by Gasteiger charge is -2.46. The Kier molecular flexibility index (Phi) is 8.02. The quantitative estimate of drug-likeness (QED) is 0.385. The minimum atomic E-state index is -4.48. The van der Waals surface area contributed by atoms with E-state index in [1.165, 1.54) is 6.07 Å². The number of hydrogen-bond donors (Lipinski definition) is 4. The minimum absolute atomic E-state index is 0.0449. The molecular weight excluding hydrogens is 483 g/mol. The summed E-state index contributed by atoms with van der Waals surface area (Å²) in [4.78, 5) is 0. The van der Waals surface area contributed by atoms with Gasteiger partial charge >= 0.3 is 6.18 Å². The molecule has 2 aliphatic heterocycles. The largest absolute Gasteiger partial charge is 0.416 e. The van der Waals surface area contributed by atoms with Crippen LogP contribution in [0.3, 0.4) is 0 Å². The molecule has 192 valence electrons. The monoisotopic (exact) mass is 513 g/mol. The summed E-state index contributed by atoms with van der Waals surface area (Å²) in [5, 5.41) is 15.0. The van der Waals surface area contributed by atoms with Gasteiger partial charge in [-0.3, -0.25) is 0 Å². The van der Waals surface area contributed by atoms with Crippen molar-refractivity contribution in [3.8, 4) is 0 Å². The van der Waals surface area contributed by atoms with E-state index in [2.05, 4.69) is 15.4 Å². The number of fused-ring (bicyclic) bond motifs is 3. The van der Waals surface area contributed by atoms with E-state index in [0.717, 1.165) is 17.7 Å². The van der Waals surface area contributed by atoms with Crippen molar-refractivity contribution in [3.05, 3.63) is 65.2 Å². The maximum absolute atomic E-state index is 13.4. The van der Waals surface area contributed by atoms with Crippen molar-refractivity contribution in [1.29, 1.82) is 0 Å². The van der Waals surface area contributed by atoms with E-state index in [0.29, 0.717) is 30.6 Å². The molecule has 4 N–H and O–H groups in total. The number of rotatable bonds is 9. The van der Waals surface area contributed by atoms with Gasteiger partial charge in [-0.2, -0.15) is 13.2 Å². The van der Waals surface area contributed by atoms with Gasteiger partial charge in [0.1, 0.15) is 0 Å². The molecule has 0 aromatic heterocycles. The van der Waals surface area contributed by atoms with Crippen LogP contribution in [0.4, 0.5) is 18.9 Å². The number of halogens is 3. The van der Waals surface area contributed by atoms with E-state index in [9.17, 15) is 21.6 Å². The van der Waals surface area contributed by atoms with E-state index >= 15 is 0 Å². The summed E-state index contributed by atoms with van der Waals surface area (Å²) < 4.78 is 73.8. The van der Waals surface area contributed by atoms with E-state index < -0.39 is 34.0 Å². The number of anilines is 1. The number of alkyl halides is 3. The SMILES string of the molecule is O=S(=O)(CCNCCO)NC[C@H]1CC[C@@H]2[C@H](O1)c1cc(C(F)(F)F)ccc1N[C@H]2c1ccccc1. The Morgan fingerprint density at radius 2 is 1.86 bits per heavy atom. The average molecular weight is 514 g/mol. The molecule has 35 heavy (non-hydrogen) atoms. The Labute approximate surface area is 203 Å². The number of ether oxygens (including phenoxy) is 1. The topological polar surface area (TPSA) is 99.7 Å². The molecule has 4 rings (SSSR count). The van der Waals surface area contributed by atoms with Crippen molar-refractivity contribution in [2.45, 2.75) is 37.3 Å². The van der Waals surface area contributed by atoms with Crippen LogP contribution >= 0.6 is 0 Å². The second kappa shape index (κ2) is 10.8. The zero-order valence-electron chi connectivity index (χ0n) is 19.1. The molecule has 0 spiro atoms. The van der Waals surface area contributed by atoms with Gasteiger partial charge in [0.15, 0.2) is 0 Å². The minimum Gasteiger partial charge on any atom is -0.395 e. The Hall–Kier alpha value is -2.18. The van der Waals surface area contributed by atoms with Crippen LogP contribution in [0.2, 0.25) is 0 Å². The summed E-state index contributed by atoms with van der Waals surface area (Å²) in [6.07, 6.45) is -4.31. The van der Waals surface area contributed by atoms with E-state index in [-0.39, 0.29) is 37.4 Å². The summed E-state index contributed by atoms with van der Waals surface area (Å²) in [7, 11) is -3.57. The summed E-state index contributed by atoms with van der Waals surface area (Å²) in [5.41, 5.74) is 1.31. The molecule has 11 heteroatoms. The summed E-state index contributed by atoms with van der Waals surface area (Å²) in [6.45, 7) is 0.468. The van der Waals surface area contributed by atoms with Crippen molar-refractivity contribution < 1.29 is 31.4 Å². The first-order chi connectivity index (χ1) is 16.7. The molecule has 2 aromatic carbocycles. The maximum atomic E-state index is 13.4. The van der Waals surface area contributed by atoms with Crippen LogP contribution in [-0.4, -0.2) is 51.6 Å². The molecule has 7 nitrogen and oxygen atoms in total. The molecule has 0 amide bonds. The van der Waals surface area contributed by atoms with Gasteiger partial charge in [0.05, 0.1) is 36.2 Å². The third-order valence-corrected chi connectivity index (χ3v) is 7.85. The van der Waals surface area contributed by atoms with Gasteiger partial charge in [-0.1, -0.05) is 30.3 Å². The van der Waals surface area contributed by atoms with Gasteiger partial charge in [-0.15, -0.1) is 0 Å². The smallest absolute Gasteiger partial charge is 0.395 e. The lowest BCUT2D eigenvalue weighted by molar-refractivity contribution is -0.138. The molecule has 0 unspecified atom stereocenters. The Morgan fingerprint density at radius 1 is 1.09 bits per heavy atom. The first kappa shape index (κ1) is 25.9. The number of nitrogens with one attached hydrogen (secondary N) is 3. The molecule has 2 aromatic rings. The van der Waals surface area contributed by atoms with Crippen LogP contribution in [0, 0.1) is 5.92 Å². The third-order valence-electron chi connectivity index (χ3n) is 6.50. The Bertz CT molecular complexity index is 1100. The number of aliphatic hydroxyl groups is 1. The molecule has 4 atom stereocenters. The summed E-state index contributed by atoms with van der Waals surface area (Å²) in [6, 6.07) is 13.2. The number of sulfonamides is 1. The molecule has 0 aliphatic carbocycles. The summed E-state index contributed by atoms with van der Waals surface area (Å²) in [5.74, 6) is -0.257.